The van der Waals surface area contributed by atoms with E-state index in [1.165, 1.54) is 25.3 Å². The van der Waals surface area contributed by atoms with Crippen LogP contribution in [0.1, 0.15) is 30.6 Å². The van der Waals surface area contributed by atoms with Crippen LogP contribution in [0.25, 0.3) is 0 Å². The molecule has 2 rings (SSSR count). The number of nitrogens with zero attached hydrogens (tertiary/aromatic N) is 1. The Balaban J connectivity index is 1.93. The predicted molar refractivity (Wildman–Crippen MR) is 99.0 cm³/mol. The summed E-state index contributed by atoms with van der Waals surface area (Å²) in [4.78, 5) is 13.7. The normalized spacial score (nSPS) is 21.5. The van der Waals surface area contributed by atoms with Gasteiger partial charge in [0, 0.05) is 19.6 Å². The van der Waals surface area contributed by atoms with Crippen LogP contribution >= 0.6 is 11.6 Å². The Morgan fingerprint density at radius 3 is 2.62 bits per heavy atom. The summed E-state index contributed by atoms with van der Waals surface area (Å²) in [5.41, 5.74) is 0.133. The molecular weight excluding hydrogens is 380 g/mol. The van der Waals surface area contributed by atoms with Gasteiger partial charge in [0.2, 0.25) is 10.0 Å². The van der Waals surface area contributed by atoms with E-state index in [1.54, 1.807) is 0 Å². The molecule has 2 unspecified atom stereocenters. The van der Waals surface area contributed by atoms with Crippen LogP contribution in [-0.2, 0) is 19.5 Å². The molecule has 0 radical (unpaired) electrons. The van der Waals surface area contributed by atoms with Gasteiger partial charge in [0.15, 0.2) is 0 Å². The van der Waals surface area contributed by atoms with E-state index in [4.69, 9.17) is 16.3 Å². The lowest BCUT2D eigenvalue weighted by molar-refractivity contribution is -0.0679. The van der Waals surface area contributed by atoms with E-state index in [9.17, 15) is 13.2 Å². The highest BCUT2D eigenvalue weighted by molar-refractivity contribution is 7.89. The number of benzene rings is 1. The highest BCUT2D eigenvalue weighted by atomic mass is 35.5. The number of hydrogen-bond donors (Lipinski definition) is 1. The molecule has 2 atom stereocenters. The van der Waals surface area contributed by atoms with Gasteiger partial charge >= 0.3 is 5.97 Å². The molecule has 26 heavy (non-hydrogen) atoms. The van der Waals surface area contributed by atoms with Gasteiger partial charge in [-0.2, -0.15) is 0 Å². The van der Waals surface area contributed by atoms with Gasteiger partial charge in [0.25, 0.3) is 0 Å². The van der Waals surface area contributed by atoms with Crippen molar-refractivity contribution in [2.75, 3.05) is 33.3 Å². The summed E-state index contributed by atoms with van der Waals surface area (Å²) in [7, 11) is -2.58. The second-order valence-corrected chi connectivity index (χ2v) is 8.55. The van der Waals surface area contributed by atoms with E-state index in [0.29, 0.717) is 6.42 Å². The van der Waals surface area contributed by atoms with Crippen molar-refractivity contribution in [1.82, 2.24) is 9.62 Å². The van der Waals surface area contributed by atoms with Crippen molar-refractivity contribution in [2.24, 2.45) is 0 Å². The van der Waals surface area contributed by atoms with Crippen molar-refractivity contribution in [2.45, 2.75) is 37.4 Å². The summed E-state index contributed by atoms with van der Waals surface area (Å²) in [6.45, 7) is 6.79. The number of sulfonamides is 1. The van der Waals surface area contributed by atoms with Crippen LogP contribution in [0.3, 0.4) is 0 Å². The third-order valence-electron chi connectivity index (χ3n) is 4.08. The molecular formula is C17H25ClN2O5S. The molecule has 0 aromatic heterocycles. The number of carbonyl (C=O) groups excluding carboxylic acids is 1. The molecule has 0 amide bonds. The van der Waals surface area contributed by atoms with Gasteiger partial charge in [-0.3, -0.25) is 4.90 Å². The van der Waals surface area contributed by atoms with Crippen molar-refractivity contribution in [1.29, 1.82) is 0 Å². The third-order valence-corrected chi connectivity index (χ3v) is 6.02. The quantitative estimate of drug-likeness (QED) is 0.552. The van der Waals surface area contributed by atoms with Crippen LogP contribution in [0.4, 0.5) is 0 Å². The zero-order valence-corrected chi connectivity index (χ0v) is 16.8. The Kier molecular flexibility index (Phi) is 7.42. The molecule has 146 valence electrons. The first-order valence-electron chi connectivity index (χ1n) is 8.48. The second-order valence-electron chi connectivity index (χ2n) is 6.41. The lowest BCUT2D eigenvalue weighted by Gasteiger charge is -2.35. The first kappa shape index (κ1) is 21.1. The fourth-order valence-electron chi connectivity index (χ4n) is 3.01. The zero-order chi connectivity index (χ0) is 19.3. The molecule has 0 bridgehead atoms. The summed E-state index contributed by atoms with van der Waals surface area (Å²) in [6, 6.07) is 4.02. The number of carbonyl (C=O) groups is 1. The maximum Gasteiger partial charge on any atom is 0.337 e. The average Bonchev–Trinajstić information content (AvgIpc) is 2.57. The number of halogens is 1. The molecule has 0 aliphatic carbocycles. The Hall–Kier alpha value is -1.19. The van der Waals surface area contributed by atoms with E-state index in [2.05, 4.69) is 14.4 Å². The lowest BCUT2D eigenvalue weighted by atomic mass is 10.2. The second kappa shape index (κ2) is 9.14. The molecule has 0 saturated carbocycles. The summed E-state index contributed by atoms with van der Waals surface area (Å²) in [6.07, 6.45) is 1.01. The molecule has 9 heteroatoms. The van der Waals surface area contributed by atoms with Crippen LogP contribution in [0.2, 0.25) is 5.02 Å². The van der Waals surface area contributed by atoms with E-state index in [1.807, 2.05) is 13.8 Å². The molecule has 1 N–H and O–H groups in total. The predicted octanol–water partition coefficient (Wildman–Crippen LogP) is 1.90. The molecule has 1 heterocycles. The number of hydrogen-bond acceptors (Lipinski definition) is 6. The number of rotatable bonds is 7. The number of ether oxygens (including phenoxy) is 2. The first-order chi connectivity index (χ1) is 12.2. The van der Waals surface area contributed by atoms with Crippen molar-refractivity contribution < 1.29 is 22.7 Å². The van der Waals surface area contributed by atoms with Crippen LogP contribution in [0.5, 0.6) is 0 Å². The monoisotopic (exact) mass is 404 g/mol. The zero-order valence-electron chi connectivity index (χ0n) is 15.2. The van der Waals surface area contributed by atoms with Crippen molar-refractivity contribution in [3.05, 3.63) is 28.8 Å². The Labute approximate surface area is 159 Å². The van der Waals surface area contributed by atoms with Crippen LogP contribution < -0.4 is 4.72 Å². The summed E-state index contributed by atoms with van der Waals surface area (Å²) < 4.78 is 37.8. The van der Waals surface area contributed by atoms with Gasteiger partial charge in [-0.15, -0.1) is 0 Å². The number of nitrogens with one attached hydrogen (secondary N) is 1. The smallest absolute Gasteiger partial charge is 0.337 e. The fourth-order valence-corrected chi connectivity index (χ4v) is 4.61. The van der Waals surface area contributed by atoms with Crippen LogP contribution in [0.15, 0.2) is 23.1 Å². The maximum absolute atomic E-state index is 12.5. The largest absolute Gasteiger partial charge is 0.465 e. The first-order valence-corrected chi connectivity index (χ1v) is 10.3. The number of esters is 1. The minimum Gasteiger partial charge on any atom is -0.465 e. The third kappa shape index (κ3) is 5.65. The summed E-state index contributed by atoms with van der Waals surface area (Å²) >= 11 is 6.00. The van der Waals surface area contributed by atoms with E-state index < -0.39 is 16.0 Å². The highest BCUT2D eigenvalue weighted by Crippen LogP contribution is 2.23. The van der Waals surface area contributed by atoms with Crippen molar-refractivity contribution in [3.8, 4) is 0 Å². The highest BCUT2D eigenvalue weighted by Gasteiger charge is 2.23. The molecule has 1 aliphatic rings. The topological polar surface area (TPSA) is 84.9 Å². The van der Waals surface area contributed by atoms with Crippen LogP contribution in [0, 0.1) is 0 Å². The van der Waals surface area contributed by atoms with Gasteiger partial charge in [-0.1, -0.05) is 11.6 Å². The SMILES string of the molecule is COC(=O)c1ccc(Cl)c(S(=O)(=O)NCCCN2CC(C)OC(C)C2)c1. The van der Waals surface area contributed by atoms with E-state index >= 15 is 0 Å². The summed E-state index contributed by atoms with van der Waals surface area (Å²) in [5.74, 6) is -0.617. The molecule has 0 spiro atoms. The molecule has 1 aromatic carbocycles. The average molecular weight is 405 g/mol. The molecule has 1 aromatic rings. The van der Waals surface area contributed by atoms with Gasteiger partial charge in [0.05, 0.1) is 29.9 Å². The molecule has 1 aliphatic heterocycles. The fraction of sp³-hybridized carbons (Fsp3) is 0.588. The Morgan fingerprint density at radius 2 is 2.00 bits per heavy atom. The molecule has 7 nitrogen and oxygen atoms in total. The van der Waals surface area contributed by atoms with E-state index in [0.717, 1.165) is 19.6 Å². The minimum atomic E-state index is -3.81. The van der Waals surface area contributed by atoms with Crippen molar-refractivity contribution >= 4 is 27.6 Å². The Bertz CT molecular complexity index is 731. The summed E-state index contributed by atoms with van der Waals surface area (Å²) in [5, 5.41) is 0.0565. The standard InChI is InChI=1S/C17H25ClN2O5S/c1-12-10-20(11-13(2)25-12)8-4-7-19-26(22,23)16-9-14(17(21)24-3)5-6-15(16)18/h5-6,9,12-13,19H,4,7-8,10-11H2,1-3H3. The maximum atomic E-state index is 12.5. The van der Waals surface area contributed by atoms with Crippen LogP contribution in [-0.4, -0.2) is 64.8 Å². The minimum absolute atomic E-state index is 0.0565. The number of morpholine rings is 1. The molecule has 1 fully saturated rings. The Morgan fingerprint density at radius 1 is 1.35 bits per heavy atom. The van der Waals surface area contributed by atoms with Gasteiger partial charge < -0.3 is 9.47 Å². The van der Waals surface area contributed by atoms with Crippen molar-refractivity contribution in [3.63, 3.8) is 0 Å². The van der Waals surface area contributed by atoms with Gasteiger partial charge in [0.1, 0.15) is 4.90 Å². The van der Waals surface area contributed by atoms with Gasteiger partial charge in [-0.05, 0) is 45.0 Å². The number of methoxy groups -OCH3 is 1. The van der Waals surface area contributed by atoms with Gasteiger partial charge in [-0.25, -0.2) is 17.9 Å². The lowest BCUT2D eigenvalue weighted by Crippen LogP contribution is -2.46. The van der Waals surface area contributed by atoms with E-state index in [-0.39, 0.29) is 34.2 Å². The molecule has 1 saturated heterocycles.